The van der Waals surface area contributed by atoms with Crippen molar-refractivity contribution in [2.24, 2.45) is 0 Å². The van der Waals surface area contributed by atoms with Crippen molar-refractivity contribution >= 4 is 15.9 Å². The normalized spacial score (nSPS) is 10.2. The van der Waals surface area contributed by atoms with Gasteiger partial charge in [0.05, 0.1) is 0 Å². The molecule has 1 aromatic heterocycles. The summed E-state index contributed by atoms with van der Waals surface area (Å²) in [4.78, 5) is 8.04. The van der Waals surface area contributed by atoms with Crippen LogP contribution in [0.1, 0.15) is 0 Å². The molecule has 2 aromatic carbocycles. The van der Waals surface area contributed by atoms with Gasteiger partial charge in [0, 0.05) is 22.9 Å². The molecule has 0 atom stereocenters. The maximum absolute atomic E-state index is 5.68. The van der Waals surface area contributed by atoms with Crippen molar-refractivity contribution in [2.45, 2.75) is 0 Å². The van der Waals surface area contributed by atoms with Crippen LogP contribution in [0.4, 0.5) is 0 Å². The molecule has 24 heavy (non-hydrogen) atoms. The lowest BCUT2D eigenvalue weighted by molar-refractivity contribution is 0.216. The molecule has 0 amide bonds. The smallest absolute Gasteiger partial charge is 0.321 e. The number of hydrogen-bond donors (Lipinski definition) is 0. The minimum Gasteiger partial charge on any atom is -0.490 e. The van der Waals surface area contributed by atoms with E-state index in [4.69, 9.17) is 14.2 Å². The number of nitrogens with zero attached hydrogens (tertiary/aromatic N) is 2. The Morgan fingerprint density at radius 3 is 2.08 bits per heavy atom. The monoisotopic (exact) mass is 386 g/mol. The lowest BCUT2D eigenvalue weighted by atomic mass is 10.3. The van der Waals surface area contributed by atoms with Gasteiger partial charge in [-0.1, -0.05) is 28.1 Å². The minimum absolute atomic E-state index is 0.299. The first-order chi connectivity index (χ1) is 11.8. The number of aromatic nitrogens is 2. The highest BCUT2D eigenvalue weighted by Crippen LogP contribution is 2.23. The lowest BCUT2D eigenvalue weighted by Gasteiger charge is -2.10. The maximum Gasteiger partial charge on any atom is 0.321 e. The van der Waals surface area contributed by atoms with Crippen molar-refractivity contribution in [1.29, 1.82) is 0 Å². The molecule has 6 heteroatoms. The predicted octanol–water partition coefficient (Wildman–Crippen LogP) is 4.49. The second kappa shape index (κ2) is 8.31. The zero-order valence-electron chi connectivity index (χ0n) is 12.8. The van der Waals surface area contributed by atoms with E-state index in [2.05, 4.69) is 25.9 Å². The molecule has 3 rings (SSSR count). The van der Waals surface area contributed by atoms with Crippen LogP contribution in [0.3, 0.4) is 0 Å². The summed E-state index contributed by atoms with van der Waals surface area (Å²) in [5.41, 5.74) is 0. The predicted molar refractivity (Wildman–Crippen MR) is 93.7 cm³/mol. The summed E-state index contributed by atoms with van der Waals surface area (Å²) in [5.74, 6) is 2.11. The topological polar surface area (TPSA) is 53.5 Å². The van der Waals surface area contributed by atoms with Crippen LogP contribution in [0.25, 0.3) is 0 Å². The van der Waals surface area contributed by atoms with Gasteiger partial charge >= 0.3 is 6.01 Å². The SMILES string of the molecule is Brc1cccc(OCCOc2cccc(Oc3ncccn3)c2)c1. The summed E-state index contributed by atoms with van der Waals surface area (Å²) in [6.45, 7) is 0.876. The highest BCUT2D eigenvalue weighted by molar-refractivity contribution is 9.10. The number of halogens is 1. The molecule has 5 nitrogen and oxygen atoms in total. The van der Waals surface area contributed by atoms with Gasteiger partial charge in [-0.05, 0) is 36.4 Å². The van der Waals surface area contributed by atoms with Crippen molar-refractivity contribution in [3.63, 3.8) is 0 Å². The summed E-state index contributed by atoms with van der Waals surface area (Å²) < 4.78 is 17.9. The molecule has 0 spiro atoms. The van der Waals surface area contributed by atoms with E-state index in [1.807, 2.05) is 42.5 Å². The Hall–Kier alpha value is -2.60. The van der Waals surface area contributed by atoms with Crippen molar-refractivity contribution < 1.29 is 14.2 Å². The summed E-state index contributed by atoms with van der Waals surface area (Å²) in [5, 5.41) is 0. The highest BCUT2D eigenvalue weighted by Gasteiger charge is 2.02. The largest absolute Gasteiger partial charge is 0.490 e. The van der Waals surface area contributed by atoms with E-state index >= 15 is 0 Å². The van der Waals surface area contributed by atoms with E-state index in [0.29, 0.717) is 30.7 Å². The molecule has 0 aliphatic heterocycles. The molecule has 0 saturated heterocycles. The van der Waals surface area contributed by atoms with Crippen LogP contribution >= 0.6 is 15.9 Å². The molecule has 0 radical (unpaired) electrons. The van der Waals surface area contributed by atoms with E-state index in [1.165, 1.54) is 0 Å². The second-order valence-electron chi connectivity index (χ2n) is 4.76. The molecular weight excluding hydrogens is 372 g/mol. The average Bonchev–Trinajstić information content (AvgIpc) is 2.60. The van der Waals surface area contributed by atoms with Crippen LogP contribution in [0.2, 0.25) is 0 Å². The van der Waals surface area contributed by atoms with Gasteiger partial charge in [-0.25, -0.2) is 9.97 Å². The van der Waals surface area contributed by atoms with Crippen molar-refractivity contribution in [1.82, 2.24) is 9.97 Å². The zero-order chi connectivity index (χ0) is 16.6. The number of ether oxygens (including phenoxy) is 3. The molecule has 122 valence electrons. The molecule has 0 fully saturated rings. The van der Waals surface area contributed by atoms with Gasteiger partial charge in [0.1, 0.15) is 30.5 Å². The second-order valence-corrected chi connectivity index (χ2v) is 5.68. The van der Waals surface area contributed by atoms with Gasteiger partial charge in [-0.3, -0.25) is 0 Å². The maximum atomic E-state index is 5.68. The third-order valence-electron chi connectivity index (χ3n) is 2.97. The first-order valence-electron chi connectivity index (χ1n) is 7.36. The Bertz CT molecular complexity index is 784. The highest BCUT2D eigenvalue weighted by atomic mass is 79.9. The quantitative estimate of drug-likeness (QED) is 0.560. The molecule has 0 aliphatic carbocycles. The van der Waals surface area contributed by atoms with Gasteiger partial charge < -0.3 is 14.2 Å². The van der Waals surface area contributed by atoms with Crippen LogP contribution in [-0.2, 0) is 0 Å². The van der Waals surface area contributed by atoms with Crippen LogP contribution in [-0.4, -0.2) is 23.2 Å². The first kappa shape index (κ1) is 16.3. The van der Waals surface area contributed by atoms with Gasteiger partial charge in [0.25, 0.3) is 0 Å². The Labute approximate surface area is 148 Å². The summed E-state index contributed by atoms with van der Waals surface area (Å²) in [6, 6.07) is 17.0. The van der Waals surface area contributed by atoms with Crippen LogP contribution < -0.4 is 14.2 Å². The van der Waals surface area contributed by atoms with E-state index in [1.54, 1.807) is 24.5 Å². The molecule has 0 bridgehead atoms. The average molecular weight is 387 g/mol. The Kier molecular flexibility index (Phi) is 5.63. The standard InChI is InChI=1S/C18H15BrN2O3/c19-14-4-1-5-15(12-14)22-10-11-23-16-6-2-7-17(13-16)24-18-20-8-3-9-21-18/h1-9,12-13H,10-11H2. The fourth-order valence-electron chi connectivity index (χ4n) is 1.95. The molecule has 1 heterocycles. The summed E-state index contributed by atoms with van der Waals surface area (Å²) in [7, 11) is 0. The Balaban J connectivity index is 1.49. The molecular formula is C18H15BrN2O3. The molecule has 0 aliphatic rings. The van der Waals surface area contributed by atoms with E-state index in [9.17, 15) is 0 Å². The summed E-state index contributed by atoms with van der Waals surface area (Å²) >= 11 is 3.41. The van der Waals surface area contributed by atoms with E-state index in [-0.39, 0.29) is 0 Å². The number of benzene rings is 2. The Morgan fingerprint density at radius 1 is 0.750 bits per heavy atom. The molecule has 0 unspecified atom stereocenters. The number of rotatable bonds is 7. The van der Waals surface area contributed by atoms with Crippen molar-refractivity contribution in [3.8, 4) is 23.3 Å². The minimum atomic E-state index is 0.299. The summed E-state index contributed by atoms with van der Waals surface area (Å²) in [6.07, 6.45) is 3.25. The Morgan fingerprint density at radius 2 is 1.38 bits per heavy atom. The molecule has 0 N–H and O–H groups in total. The van der Waals surface area contributed by atoms with Crippen LogP contribution in [0.15, 0.2) is 71.5 Å². The number of hydrogen-bond acceptors (Lipinski definition) is 5. The molecule has 0 saturated carbocycles. The van der Waals surface area contributed by atoms with E-state index < -0.39 is 0 Å². The van der Waals surface area contributed by atoms with Gasteiger partial charge in [0.2, 0.25) is 0 Å². The van der Waals surface area contributed by atoms with Crippen molar-refractivity contribution in [2.75, 3.05) is 13.2 Å². The fraction of sp³-hybridized carbons (Fsp3) is 0.111. The van der Waals surface area contributed by atoms with E-state index in [0.717, 1.165) is 10.2 Å². The lowest BCUT2D eigenvalue weighted by Crippen LogP contribution is -2.09. The third kappa shape index (κ3) is 4.96. The zero-order valence-corrected chi connectivity index (χ0v) is 14.3. The van der Waals surface area contributed by atoms with Crippen molar-refractivity contribution in [3.05, 3.63) is 71.5 Å². The third-order valence-corrected chi connectivity index (χ3v) is 3.47. The van der Waals surface area contributed by atoms with Gasteiger partial charge in [-0.2, -0.15) is 0 Å². The molecule has 3 aromatic rings. The van der Waals surface area contributed by atoms with Crippen LogP contribution in [0, 0.1) is 0 Å². The fourth-order valence-corrected chi connectivity index (χ4v) is 2.33. The van der Waals surface area contributed by atoms with Gasteiger partial charge in [0.15, 0.2) is 0 Å². The van der Waals surface area contributed by atoms with Gasteiger partial charge in [-0.15, -0.1) is 0 Å². The van der Waals surface area contributed by atoms with Crippen LogP contribution in [0.5, 0.6) is 23.3 Å². The first-order valence-corrected chi connectivity index (χ1v) is 8.15.